The number of hydrogen-bond donors (Lipinski definition) is 2. The molecule has 2 aromatic carbocycles. The SMILES string of the molecule is CCOc1cc(/C=N\NC(=O)c2ccccc2C)cc(I)c1OCC(=O)O. The summed E-state index contributed by atoms with van der Waals surface area (Å²) in [6, 6.07) is 10.7. The third-order valence-electron chi connectivity index (χ3n) is 3.44. The van der Waals surface area contributed by atoms with Crippen LogP contribution in [0.5, 0.6) is 11.5 Å². The summed E-state index contributed by atoms with van der Waals surface area (Å²) in [4.78, 5) is 22.9. The van der Waals surface area contributed by atoms with Crippen LogP contribution in [-0.2, 0) is 4.79 Å². The second kappa shape index (κ2) is 9.91. The minimum atomic E-state index is -1.07. The quantitative estimate of drug-likeness (QED) is 0.342. The first kappa shape index (κ1) is 20.7. The number of carbonyl (C=O) groups excluding carboxylic acids is 1. The summed E-state index contributed by atoms with van der Waals surface area (Å²) < 4.78 is 11.5. The van der Waals surface area contributed by atoms with E-state index < -0.39 is 12.6 Å². The lowest BCUT2D eigenvalue weighted by Gasteiger charge is -2.13. The van der Waals surface area contributed by atoms with Crippen LogP contribution in [0.4, 0.5) is 0 Å². The van der Waals surface area contributed by atoms with E-state index in [4.69, 9.17) is 14.6 Å². The van der Waals surface area contributed by atoms with Gasteiger partial charge in [0.2, 0.25) is 0 Å². The Hall–Kier alpha value is -2.62. The number of carboxylic acid groups (broad SMARTS) is 1. The molecular weight excluding hydrogens is 463 g/mol. The molecule has 0 atom stereocenters. The summed E-state index contributed by atoms with van der Waals surface area (Å²) in [6.45, 7) is 3.60. The lowest BCUT2D eigenvalue weighted by Crippen LogP contribution is -2.18. The number of benzene rings is 2. The van der Waals surface area contributed by atoms with Crippen molar-refractivity contribution in [1.29, 1.82) is 0 Å². The Kier molecular flexibility index (Phi) is 7.59. The van der Waals surface area contributed by atoms with Gasteiger partial charge in [0, 0.05) is 5.56 Å². The molecule has 0 aliphatic rings. The number of aliphatic carboxylic acids is 1. The van der Waals surface area contributed by atoms with Crippen LogP contribution in [0.15, 0.2) is 41.5 Å². The van der Waals surface area contributed by atoms with Gasteiger partial charge in [-0.25, -0.2) is 10.2 Å². The number of nitrogens with one attached hydrogen (secondary N) is 1. The Morgan fingerprint density at radius 1 is 1.26 bits per heavy atom. The fourth-order valence-corrected chi connectivity index (χ4v) is 3.03. The van der Waals surface area contributed by atoms with Gasteiger partial charge in [-0.3, -0.25) is 4.79 Å². The van der Waals surface area contributed by atoms with Crippen LogP contribution < -0.4 is 14.9 Å². The largest absolute Gasteiger partial charge is 0.490 e. The fourth-order valence-electron chi connectivity index (χ4n) is 2.25. The number of halogens is 1. The van der Waals surface area contributed by atoms with Crippen molar-refractivity contribution in [3.63, 3.8) is 0 Å². The molecule has 1 amide bonds. The zero-order chi connectivity index (χ0) is 19.8. The molecule has 0 radical (unpaired) electrons. The summed E-state index contributed by atoms with van der Waals surface area (Å²) in [5.74, 6) is -0.596. The topological polar surface area (TPSA) is 97.2 Å². The van der Waals surface area contributed by atoms with Gasteiger partial charge in [-0.1, -0.05) is 18.2 Å². The van der Waals surface area contributed by atoms with E-state index in [1.807, 2.05) is 48.6 Å². The summed E-state index contributed by atoms with van der Waals surface area (Å²) in [5.41, 5.74) is 4.58. The van der Waals surface area contributed by atoms with Crippen molar-refractivity contribution in [1.82, 2.24) is 5.43 Å². The molecule has 8 heteroatoms. The minimum Gasteiger partial charge on any atom is -0.490 e. The fraction of sp³-hybridized carbons (Fsp3) is 0.211. The zero-order valence-corrected chi connectivity index (χ0v) is 17.0. The molecule has 0 aliphatic heterocycles. The molecule has 0 aromatic heterocycles. The van der Waals surface area contributed by atoms with Crippen LogP contribution >= 0.6 is 22.6 Å². The van der Waals surface area contributed by atoms with Crippen molar-refractivity contribution in [2.75, 3.05) is 13.2 Å². The summed E-state index contributed by atoms with van der Waals surface area (Å²) in [5, 5.41) is 12.8. The Morgan fingerprint density at radius 3 is 2.67 bits per heavy atom. The third kappa shape index (κ3) is 5.95. The predicted octanol–water partition coefficient (Wildman–Crippen LogP) is 3.23. The standard InChI is InChI=1S/C19H19IN2O5/c1-3-26-16-9-13(8-15(20)18(16)27-11-17(23)24)10-21-22-19(25)14-7-5-4-6-12(14)2/h4-10H,3,11H2,1-2H3,(H,22,25)(H,23,24)/b21-10-. The number of carboxylic acids is 1. The highest BCUT2D eigenvalue weighted by atomic mass is 127. The summed E-state index contributed by atoms with van der Waals surface area (Å²) >= 11 is 2.03. The maximum atomic E-state index is 12.2. The van der Waals surface area contributed by atoms with E-state index in [1.54, 1.807) is 24.3 Å². The number of hydrazone groups is 1. The molecule has 0 spiro atoms. The van der Waals surface area contributed by atoms with Gasteiger partial charge in [-0.2, -0.15) is 5.10 Å². The number of rotatable bonds is 8. The zero-order valence-electron chi connectivity index (χ0n) is 14.9. The Morgan fingerprint density at radius 2 is 2.00 bits per heavy atom. The van der Waals surface area contributed by atoms with E-state index in [1.165, 1.54) is 6.21 Å². The molecule has 2 aromatic rings. The number of amides is 1. The van der Waals surface area contributed by atoms with Gasteiger partial charge >= 0.3 is 5.97 Å². The van der Waals surface area contributed by atoms with Crippen LogP contribution in [-0.4, -0.2) is 36.4 Å². The van der Waals surface area contributed by atoms with Gasteiger partial charge < -0.3 is 14.6 Å². The molecular formula is C19H19IN2O5. The van der Waals surface area contributed by atoms with Crippen molar-refractivity contribution in [3.05, 3.63) is 56.7 Å². The molecule has 2 N–H and O–H groups in total. The molecule has 0 saturated heterocycles. The van der Waals surface area contributed by atoms with Crippen LogP contribution in [0.1, 0.15) is 28.4 Å². The minimum absolute atomic E-state index is 0.300. The Bertz CT molecular complexity index is 867. The highest BCUT2D eigenvalue weighted by Gasteiger charge is 2.13. The average molecular weight is 482 g/mol. The van der Waals surface area contributed by atoms with E-state index >= 15 is 0 Å². The molecule has 0 aliphatic carbocycles. The number of nitrogens with zero attached hydrogens (tertiary/aromatic N) is 1. The Labute approximate surface area is 170 Å². The second-order valence-corrected chi connectivity index (χ2v) is 6.62. The first-order chi connectivity index (χ1) is 12.9. The van der Waals surface area contributed by atoms with Crippen molar-refractivity contribution in [2.45, 2.75) is 13.8 Å². The van der Waals surface area contributed by atoms with Crippen molar-refractivity contribution in [3.8, 4) is 11.5 Å². The van der Waals surface area contributed by atoms with E-state index in [-0.39, 0.29) is 5.91 Å². The van der Waals surface area contributed by atoms with Gasteiger partial charge in [-0.05, 0) is 65.8 Å². The lowest BCUT2D eigenvalue weighted by molar-refractivity contribution is -0.139. The highest BCUT2D eigenvalue weighted by molar-refractivity contribution is 14.1. The van der Waals surface area contributed by atoms with Crippen LogP contribution in [0, 0.1) is 10.5 Å². The van der Waals surface area contributed by atoms with Crippen molar-refractivity contribution in [2.24, 2.45) is 5.10 Å². The smallest absolute Gasteiger partial charge is 0.341 e. The van der Waals surface area contributed by atoms with Gasteiger partial charge in [-0.15, -0.1) is 0 Å². The molecule has 0 saturated carbocycles. The van der Waals surface area contributed by atoms with E-state index in [2.05, 4.69) is 10.5 Å². The van der Waals surface area contributed by atoms with Crippen LogP contribution in [0.3, 0.4) is 0 Å². The summed E-state index contributed by atoms with van der Waals surface area (Å²) in [6.07, 6.45) is 1.49. The van der Waals surface area contributed by atoms with E-state index in [0.717, 1.165) is 5.56 Å². The second-order valence-electron chi connectivity index (χ2n) is 5.46. The molecule has 7 nitrogen and oxygen atoms in total. The van der Waals surface area contributed by atoms with Gasteiger partial charge in [0.15, 0.2) is 18.1 Å². The first-order valence-corrected chi connectivity index (χ1v) is 9.20. The van der Waals surface area contributed by atoms with Crippen molar-refractivity contribution >= 4 is 40.7 Å². The molecule has 2 rings (SSSR count). The lowest BCUT2D eigenvalue weighted by atomic mass is 10.1. The van der Waals surface area contributed by atoms with Crippen molar-refractivity contribution < 1.29 is 24.2 Å². The number of aryl methyl sites for hydroxylation is 1. The summed E-state index contributed by atoms with van der Waals surface area (Å²) in [7, 11) is 0. The molecule has 0 fully saturated rings. The number of ether oxygens (including phenoxy) is 2. The highest BCUT2D eigenvalue weighted by Crippen LogP contribution is 2.33. The van der Waals surface area contributed by atoms with E-state index in [9.17, 15) is 9.59 Å². The molecule has 0 heterocycles. The van der Waals surface area contributed by atoms with Crippen LogP contribution in [0.25, 0.3) is 0 Å². The Balaban J connectivity index is 2.15. The number of hydrogen-bond acceptors (Lipinski definition) is 5. The maximum Gasteiger partial charge on any atom is 0.341 e. The van der Waals surface area contributed by atoms with Gasteiger partial charge in [0.25, 0.3) is 5.91 Å². The number of carbonyl (C=O) groups is 2. The first-order valence-electron chi connectivity index (χ1n) is 8.12. The van der Waals surface area contributed by atoms with E-state index in [0.29, 0.717) is 32.8 Å². The molecule has 0 bridgehead atoms. The molecule has 142 valence electrons. The molecule has 27 heavy (non-hydrogen) atoms. The normalized spacial score (nSPS) is 10.6. The molecule has 0 unspecified atom stereocenters. The van der Waals surface area contributed by atoms with Gasteiger partial charge in [0.1, 0.15) is 0 Å². The predicted molar refractivity (Wildman–Crippen MR) is 110 cm³/mol. The average Bonchev–Trinajstić information content (AvgIpc) is 2.61. The third-order valence-corrected chi connectivity index (χ3v) is 4.24. The van der Waals surface area contributed by atoms with Crippen LogP contribution in [0.2, 0.25) is 0 Å². The van der Waals surface area contributed by atoms with Gasteiger partial charge in [0.05, 0.1) is 16.4 Å². The monoisotopic (exact) mass is 482 g/mol. The maximum absolute atomic E-state index is 12.2.